The molecule has 2 fully saturated rings. The number of carbonyl (C=O) groups is 1. The third-order valence-electron chi connectivity index (χ3n) is 11.1. The van der Waals surface area contributed by atoms with Gasteiger partial charge in [-0.05, 0) is 109 Å². The van der Waals surface area contributed by atoms with E-state index in [1.807, 2.05) is 13.8 Å². The van der Waals surface area contributed by atoms with E-state index in [0.29, 0.717) is 48.9 Å². The van der Waals surface area contributed by atoms with E-state index in [4.69, 9.17) is 0 Å². The first-order chi connectivity index (χ1) is 28.7. The zero-order valence-electron chi connectivity index (χ0n) is 34.1. The van der Waals surface area contributed by atoms with Gasteiger partial charge in [0.2, 0.25) is 20.0 Å². The SMILES string of the molecule is CC1CC(C)CN(S(=O)(=O)c2ccc3c(c2)cc(C(=O)O)n3S(=O)(=O)c2ccccc2)C1.CC1CC(C)CN(S(=O)(=O)c2ccc3c(ccn3S(=O)(=O)c3ccccc3)c2)C1. The highest BCUT2D eigenvalue weighted by Gasteiger charge is 2.34. The predicted molar refractivity (Wildman–Crippen MR) is 232 cm³/mol. The van der Waals surface area contributed by atoms with Gasteiger partial charge in [-0.2, -0.15) is 8.61 Å². The second-order valence-corrected chi connectivity index (χ2v) is 23.8. The van der Waals surface area contributed by atoms with E-state index in [1.165, 1.54) is 56.9 Å². The normalized spacial score (nSPS) is 20.9. The van der Waals surface area contributed by atoms with Gasteiger partial charge in [-0.15, -0.1) is 0 Å². The lowest BCUT2D eigenvalue weighted by Gasteiger charge is -2.34. The summed E-state index contributed by atoms with van der Waals surface area (Å²) < 4.78 is 110. The number of piperidine rings is 2. The summed E-state index contributed by atoms with van der Waals surface area (Å²) in [5.74, 6) is -0.339. The van der Waals surface area contributed by atoms with E-state index in [1.54, 1.807) is 71.0 Å². The number of rotatable bonds is 9. The monoisotopic (exact) mass is 908 g/mol. The Morgan fingerprint density at radius 2 is 0.918 bits per heavy atom. The molecule has 4 unspecified atom stereocenters. The van der Waals surface area contributed by atoms with Gasteiger partial charge < -0.3 is 5.11 Å². The molecule has 0 radical (unpaired) electrons. The van der Waals surface area contributed by atoms with Crippen LogP contribution in [0.2, 0.25) is 0 Å². The van der Waals surface area contributed by atoms with Crippen LogP contribution < -0.4 is 0 Å². The first-order valence-electron chi connectivity index (χ1n) is 19.8. The van der Waals surface area contributed by atoms with Crippen molar-refractivity contribution < 1.29 is 43.6 Å². The van der Waals surface area contributed by atoms with Crippen LogP contribution in [0.5, 0.6) is 0 Å². The summed E-state index contributed by atoms with van der Waals surface area (Å²) in [6, 6.07) is 27.2. The molecule has 4 heterocycles. The van der Waals surface area contributed by atoms with Crippen LogP contribution in [0.15, 0.2) is 135 Å². The first-order valence-corrected chi connectivity index (χ1v) is 25.6. The summed E-state index contributed by atoms with van der Waals surface area (Å²) in [5.41, 5.74) is 0.0948. The van der Waals surface area contributed by atoms with E-state index in [-0.39, 0.29) is 42.3 Å². The molecule has 14 nitrogen and oxygen atoms in total. The highest BCUT2D eigenvalue weighted by Crippen LogP contribution is 2.33. The molecule has 0 saturated carbocycles. The molecule has 324 valence electrons. The molecule has 0 amide bonds. The van der Waals surface area contributed by atoms with E-state index in [9.17, 15) is 43.6 Å². The molecule has 4 atom stereocenters. The fourth-order valence-corrected chi connectivity index (χ4v) is 14.8. The fraction of sp³-hybridized carbons (Fsp3) is 0.326. The molecular formula is C43H48N4O10S4. The predicted octanol–water partition coefficient (Wildman–Crippen LogP) is 6.79. The Labute approximate surface area is 357 Å². The second-order valence-electron chi connectivity index (χ2n) is 16.3. The number of hydrogen-bond acceptors (Lipinski definition) is 9. The van der Waals surface area contributed by atoms with E-state index < -0.39 is 51.8 Å². The molecule has 2 aromatic heterocycles. The van der Waals surface area contributed by atoms with Gasteiger partial charge in [0, 0.05) is 43.1 Å². The van der Waals surface area contributed by atoms with Crippen molar-refractivity contribution in [3.63, 3.8) is 0 Å². The summed E-state index contributed by atoms with van der Waals surface area (Å²) in [6.07, 6.45) is 3.44. The molecule has 0 bridgehead atoms. The minimum Gasteiger partial charge on any atom is -0.477 e. The average molecular weight is 909 g/mol. The highest BCUT2D eigenvalue weighted by molar-refractivity contribution is 7.90. The van der Waals surface area contributed by atoms with E-state index >= 15 is 0 Å². The quantitative estimate of drug-likeness (QED) is 0.162. The Kier molecular flexibility index (Phi) is 12.2. The average Bonchev–Trinajstić information content (AvgIpc) is 3.84. The van der Waals surface area contributed by atoms with Gasteiger partial charge in [-0.25, -0.2) is 46.4 Å². The maximum atomic E-state index is 13.3. The number of nitrogens with zero attached hydrogens (tertiary/aromatic N) is 4. The van der Waals surface area contributed by atoms with Crippen LogP contribution in [0.3, 0.4) is 0 Å². The van der Waals surface area contributed by atoms with Crippen molar-refractivity contribution in [3.05, 3.63) is 121 Å². The molecule has 18 heteroatoms. The molecule has 1 N–H and O–H groups in total. The standard InChI is InChI=1S/C22H24N2O6S2.C21H24N2O4S2/c1-15-10-16(2)14-23(13-15)31(27,28)19-8-9-20-17(11-19)12-21(22(25)26)24(20)32(29,30)18-6-4-3-5-7-18;1-16-12-17(2)15-22(14-16)28(24,25)20-8-9-21-18(13-20)10-11-23(21)29(26,27)19-6-4-3-5-7-19/h3-9,11-12,15-16H,10,13-14H2,1-2H3,(H,25,26);3-11,13,16-17H,12,14-15H2,1-2H3. The number of carboxylic acids is 1. The zero-order valence-corrected chi connectivity index (χ0v) is 37.3. The van der Waals surface area contributed by atoms with Gasteiger partial charge in [0.1, 0.15) is 5.69 Å². The van der Waals surface area contributed by atoms with Crippen molar-refractivity contribution in [1.29, 1.82) is 0 Å². The van der Waals surface area contributed by atoms with Crippen molar-refractivity contribution in [2.45, 2.75) is 60.1 Å². The Morgan fingerprint density at radius 3 is 1.38 bits per heavy atom. The summed E-state index contributed by atoms with van der Waals surface area (Å²) in [5, 5.41) is 10.5. The van der Waals surface area contributed by atoms with Crippen LogP contribution in [0, 0.1) is 23.7 Å². The molecule has 0 aliphatic carbocycles. The lowest BCUT2D eigenvalue weighted by atomic mass is 9.94. The number of carboxylic acid groups (broad SMARTS) is 1. The lowest BCUT2D eigenvalue weighted by Crippen LogP contribution is -2.42. The number of hydrogen-bond donors (Lipinski definition) is 1. The smallest absolute Gasteiger partial charge is 0.353 e. The van der Waals surface area contributed by atoms with Crippen LogP contribution in [-0.2, 0) is 40.1 Å². The Balaban J connectivity index is 0.000000185. The minimum absolute atomic E-state index is 0.0116. The van der Waals surface area contributed by atoms with Crippen LogP contribution in [0.25, 0.3) is 21.8 Å². The molecule has 2 aliphatic rings. The number of benzene rings is 4. The van der Waals surface area contributed by atoms with Crippen LogP contribution >= 0.6 is 0 Å². The Hall–Kier alpha value is -4.85. The molecule has 61 heavy (non-hydrogen) atoms. The number of aromatic nitrogens is 2. The summed E-state index contributed by atoms with van der Waals surface area (Å²) >= 11 is 0. The van der Waals surface area contributed by atoms with Crippen molar-refractivity contribution in [3.8, 4) is 0 Å². The van der Waals surface area contributed by atoms with Gasteiger partial charge >= 0.3 is 5.97 Å². The fourth-order valence-electron chi connectivity index (χ4n) is 8.51. The number of fused-ring (bicyclic) bond motifs is 2. The largest absolute Gasteiger partial charge is 0.477 e. The maximum Gasteiger partial charge on any atom is 0.353 e. The van der Waals surface area contributed by atoms with Gasteiger partial charge in [0.25, 0.3) is 20.0 Å². The van der Waals surface area contributed by atoms with Crippen LogP contribution in [0.4, 0.5) is 0 Å². The zero-order chi connectivity index (χ0) is 44.1. The molecule has 0 spiro atoms. The minimum atomic E-state index is -4.21. The third kappa shape index (κ3) is 8.66. The maximum absolute atomic E-state index is 13.3. The molecule has 6 aromatic rings. The van der Waals surface area contributed by atoms with Crippen molar-refractivity contribution in [2.24, 2.45) is 23.7 Å². The molecule has 2 saturated heterocycles. The third-order valence-corrected chi connectivity index (χ3v) is 18.2. The van der Waals surface area contributed by atoms with Crippen molar-refractivity contribution >= 4 is 67.9 Å². The topological polar surface area (TPSA) is 190 Å². The Morgan fingerprint density at radius 1 is 0.492 bits per heavy atom. The number of sulfonamides is 2. The summed E-state index contributed by atoms with van der Waals surface area (Å²) in [7, 11) is -15.4. The Bertz CT molecular complexity index is 3040. The first kappa shape index (κ1) is 44.2. The molecule has 8 rings (SSSR count). The summed E-state index contributed by atoms with van der Waals surface area (Å²) in [4.78, 5) is 12.2. The van der Waals surface area contributed by atoms with Gasteiger partial charge in [-0.1, -0.05) is 64.1 Å². The van der Waals surface area contributed by atoms with Crippen molar-refractivity contribution in [1.82, 2.24) is 16.6 Å². The van der Waals surface area contributed by atoms with E-state index in [2.05, 4.69) is 13.8 Å². The van der Waals surface area contributed by atoms with Crippen LogP contribution in [0.1, 0.15) is 51.0 Å². The van der Waals surface area contributed by atoms with Crippen molar-refractivity contribution in [2.75, 3.05) is 26.2 Å². The van der Waals surface area contributed by atoms with E-state index in [0.717, 1.165) is 16.8 Å². The second kappa shape index (κ2) is 16.8. The van der Waals surface area contributed by atoms with Gasteiger partial charge in [-0.3, -0.25) is 0 Å². The number of aromatic carboxylic acids is 1. The lowest BCUT2D eigenvalue weighted by molar-refractivity contribution is 0.0689. The van der Waals surface area contributed by atoms with Gasteiger partial charge in [0.15, 0.2) is 0 Å². The highest BCUT2D eigenvalue weighted by atomic mass is 32.2. The molecule has 2 aliphatic heterocycles. The molecular weight excluding hydrogens is 861 g/mol. The summed E-state index contributed by atoms with van der Waals surface area (Å²) in [6.45, 7) is 9.99. The molecule has 4 aromatic carbocycles. The van der Waals surface area contributed by atoms with Gasteiger partial charge in [0.05, 0.1) is 30.6 Å². The van der Waals surface area contributed by atoms with Crippen LogP contribution in [-0.4, -0.2) is 87.5 Å².